The van der Waals surface area contributed by atoms with Gasteiger partial charge in [-0.05, 0) is 29.6 Å². The predicted octanol–water partition coefficient (Wildman–Crippen LogP) is 3.50. The molecule has 3 aromatic rings. The fourth-order valence-electron chi connectivity index (χ4n) is 1.61. The lowest BCUT2D eigenvalue weighted by atomic mass is 10.3. The zero-order valence-electron chi connectivity index (χ0n) is 9.01. The predicted molar refractivity (Wildman–Crippen MR) is 74.4 cm³/mol. The Hall–Kier alpha value is -1.46. The summed E-state index contributed by atoms with van der Waals surface area (Å²) in [4.78, 5) is 9.14. The summed E-state index contributed by atoms with van der Waals surface area (Å²) in [7, 11) is 0. The molecule has 0 amide bonds. The number of rotatable bonds is 3. The maximum atomic E-state index is 5.73. The lowest BCUT2D eigenvalue weighted by Crippen LogP contribution is -1.82. The van der Waals surface area contributed by atoms with Crippen LogP contribution >= 0.6 is 23.1 Å². The summed E-state index contributed by atoms with van der Waals surface area (Å²) in [5.41, 5.74) is 8.46. The lowest BCUT2D eigenvalue weighted by molar-refractivity contribution is 1.08. The van der Waals surface area contributed by atoms with Crippen LogP contribution in [0.15, 0.2) is 40.9 Å². The molecular weight excluding hydrogens is 250 g/mol. The molecule has 0 atom stereocenters. The molecular formula is C12H11N3S2. The van der Waals surface area contributed by atoms with Crippen LogP contribution < -0.4 is 5.73 Å². The normalized spacial score (nSPS) is 11.1. The molecule has 3 rings (SSSR count). The molecule has 17 heavy (non-hydrogen) atoms. The van der Waals surface area contributed by atoms with E-state index in [1.807, 2.05) is 18.2 Å². The smallest absolute Gasteiger partial charge is 0.166 e. The summed E-state index contributed by atoms with van der Waals surface area (Å²) in [6, 6.07) is 9.93. The number of thiophene rings is 1. The van der Waals surface area contributed by atoms with Crippen molar-refractivity contribution >= 4 is 39.8 Å². The van der Waals surface area contributed by atoms with Gasteiger partial charge in [-0.25, -0.2) is 4.98 Å². The van der Waals surface area contributed by atoms with Crippen molar-refractivity contribution < 1.29 is 0 Å². The SMILES string of the molecule is Nc1ccc2nc(SCc3cccs3)[nH]c2c1. The second kappa shape index (κ2) is 4.43. The Kier molecular flexibility index (Phi) is 2.78. The summed E-state index contributed by atoms with van der Waals surface area (Å²) < 4.78 is 0. The fourth-order valence-corrected chi connectivity index (χ4v) is 3.26. The molecule has 3 N–H and O–H groups in total. The number of anilines is 1. The van der Waals surface area contributed by atoms with Crippen LogP contribution in [0, 0.1) is 0 Å². The molecule has 3 nitrogen and oxygen atoms in total. The van der Waals surface area contributed by atoms with Gasteiger partial charge in [0.05, 0.1) is 11.0 Å². The maximum Gasteiger partial charge on any atom is 0.166 e. The van der Waals surface area contributed by atoms with E-state index in [-0.39, 0.29) is 0 Å². The van der Waals surface area contributed by atoms with E-state index in [4.69, 9.17) is 5.73 Å². The number of thioether (sulfide) groups is 1. The van der Waals surface area contributed by atoms with E-state index in [0.717, 1.165) is 27.6 Å². The highest BCUT2D eigenvalue weighted by Gasteiger charge is 2.04. The number of nitrogen functional groups attached to an aromatic ring is 1. The third-order valence-corrected chi connectivity index (χ3v) is 4.40. The third-order valence-electron chi connectivity index (χ3n) is 2.42. The van der Waals surface area contributed by atoms with Gasteiger partial charge in [0.1, 0.15) is 0 Å². The van der Waals surface area contributed by atoms with E-state index in [0.29, 0.717) is 0 Å². The largest absolute Gasteiger partial charge is 0.399 e. The monoisotopic (exact) mass is 261 g/mol. The molecule has 0 saturated carbocycles. The van der Waals surface area contributed by atoms with E-state index in [1.54, 1.807) is 23.1 Å². The highest BCUT2D eigenvalue weighted by Crippen LogP contribution is 2.25. The zero-order valence-corrected chi connectivity index (χ0v) is 10.6. The highest BCUT2D eigenvalue weighted by atomic mass is 32.2. The van der Waals surface area contributed by atoms with Crippen LogP contribution in [0.25, 0.3) is 11.0 Å². The van der Waals surface area contributed by atoms with Gasteiger partial charge >= 0.3 is 0 Å². The first-order valence-corrected chi connectivity index (χ1v) is 7.08. The molecule has 0 radical (unpaired) electrons. The second-order valence-electron chi connectivity index (χ2n) is 3.69. The highest BCUT2D eigenvalue weighted by molar-refractivity contribution is 7.98. The van der Waals surface area contributed by atoms with Crippen LogP contribution in [0.5, 0.6) is 0 Å². The standard InChI is InChI=1S/C12H11N3S2/c13-8-3-4-10-11(6-8)15-12(14-10)17-7-9-2-1-5-16-9/h1-6H,7,13H2,(H,14,15). The van der Waals surface area contributed by atoms with Crippen molar-refractivity contribution in [3.8, 4) is 0 Å². The average Bonchev–Trinajstić information content (AvgIpc) is 2.94. The number of nitrogens with two attached hydrogens (primary N) is 1. The molecule has 0 aliphatic heterocycles. The average molecular weight is 261 g/mol. The molecule has 5 heteroatoms. The van der Waals surface area contributed by atoms with Gasteiger partial charge in [0.15, 0.2) is 5.16 Å². The topological polar surface area (TPSA) is 54.7 Å². The number of hydrogen-bond donors (Lipinski definition) is 2. The zero-order chi connectivity index (χ0) is 11.7. The first-order valence-electron chi connectivity index (χ1n) is 5.22. The van der Waals surface area contributed by atoms with Gasteiger partial charge in [0, 0.05) is 16.3 Å². The summed E-state index contributed by atoms with van der Waals surface area (Å²) in [5, 5.41) is 3.04. The Morgan fingerprint density at radius 1 is 1.35 bits per heavy atom. The van der Waals surface area contributed by atoms with Gasteiger partial charge in [-0.15, -0.1) is 11.3 Å². The number of H-pyrrole nitrogens is 1. The summed E-state index contributed by atoms with van der Waals surface area (Å²) >= 11 is 3.48. The fraction of sp³-hybridized carbons (Fsp3) is 0.0833. The van der Waals surface area contributed by atoms with E-state index < -0.39 is 0 Å². The minimum absolute atomic E-state index is 0.760. The summed E-state index contributed by atoms with van der Waals surface area (Å²) in [5.74, 6) is 0.951. The van der Waals surface area contributed by atoms with Gasteiger partial charge in [-0.1, -0.05) is 17.8 Å². The van der Waals surface area contributed by atoms with Gasteiger partial charge in [-0.2, -0.15) is 0 Å². The number of hydrogen-bond acceptors (Lipinski definition) is 4. The number of aromatic amines is 1. The Morgan fingerprint density at radius 3 is 3.12 bits per heavy atom. The molecule has 0 aliphatic rings. The maximum absolute atomic E-state index is 5.73. The van der Waals surface area contributed by atoms with Crippen LogP contribution in [-0.4, -0.2) is 9.97 Å². The number of imidazole rings is 1. The first-order chi connectivity index (χ1) is 8.31. The van der Waals surface area contributed by atoms with Crippen LogP contribution in [0.3, 0.4) is 0 Å². The second-order valence-corrected chi connectivity index (χ2v) is 5.68. The Balaban J connectivity index is 1.81. The minimum Gasteiger partial charge on any atom is -0.399 e. The molecule has 2 heterocycles. The number of fused-ring (bicyclic) bond motifs is 1. The van der Waals surface area contributed by atoms with E-state index in [1.165, 1.54) is 4.88 Å². The van der Waals surface area contributed by atoms with Gasteiger partial charge < -0.3 is 10.7 Å². The van der Waals surface area contributed by atoms with E-state index in [2.05, 4.69) is 27.5 Å². The Morgan fingerprint density at radius 2 is 2.29 bits per heavy atom. The van der Waals surface area contributed by atoms with Crippen LogP contribution in [-0.2, 0) is 5.75 Å². The van der Waals surface area contributed by atoms with Crippen molar-refractivity contribution in [3.63, 3.8) is 0 Å². The quantitative estimate of drug-likeness (QED) is 0.560. The van der Waals surface area contributed by atoms with Crippen molar-refractivity contribution in [1.29, 1.82) is 0 Å². The van der Waals surface area contributed by atoms with Crippen LogP contribution in [0.1, 0.15) is 4.88 Å². The Labute approximate surface area is 107 Å². The van der Waals surface area contributed by atoms with Crippen molar-refractivity contribution in [2.24, 2.45) is 0 Å². The molecule has 86 valence electrons. The molecule has 0 aliphatic carbocycles. The third kappa shape index (κ3) is 2.30. The molecule has 0 fully saturated rings. The molecule has 0 unspecified atom stereocenters. The van der Waals surface area contributed by atoms with Crippen molar-refractivity contribution in [3.05, 3.63) is 40.6 Å². The van der Waals surface area contributed by atoms with E-state index >= 15 is 0 Å². The molecule has 0 bridgehead atoms. The van der Waals surface area contributed by atoms with Crippen molar-refractivity contribution in [2.75, 3.05) is 5.73 Å². The molecule has 2 aromatic heterocycles. The van der Waals surface area contributed by atoms with Crippen molar-refractivity contribution in [2.45, 2.75) is 10.9 Å². The van der Waals surface area contributed by atoms with E-state index in [9.17, 15) is 0 Å². The lowest BCUT2D eigenvalue weighted by Gasteiger charge is -1.93. The van der Waals surface area contributed by atoms with Crippen LogP contribution in [0.2, 0.25) is 0 Å². The first kappa shape index (κ1) is 10.7. The molecule has 0 saturated heterocycles. The number of benzene rings is 1. The minimum atomic E-state index is 0.760. The van der Waals surface area contributed by atoms with Crippen LogP contribution in [0.4, 0.5) is 5.69 Å². The van der Waals surface area contributed by atoms with Crippen molar-refractivity contribution in [1.82, 2.24) is 9.97 Å². The number of nitrogens with zero attached hydrogens (tertiary/aromatic N) is 1. The number of nitrogens with one attached hydrogen (secondary N) is 1. The Bertz CT molecular complexity index is 628. The van der Waals surface area contributed by atoms with Gasteiger partial charge in [0.25, 0.3) is 0 Å². The number of aromatic nitrogens is 2. The van der Waals surface area contributed by atoms with Gasteiger partial charge in [0.2, 0.25) is 0 Å². The summed E-state index contributed by atoms with van der Waals surface area (Å²) in [6.45, 7) is 0. The van der Waals surface area contributed by atoms with Gasteiger partial charge in [-0.3, -0.25) is 0 Å². The molecule has 0 spiro atoms. The summed E-state index contributed by atoms with van der Waals surface area (Å²) in [6.07, 6.45) is 0. The molecule has 1 aromatic carbocycles.